The Morgan fingerprint density at radius 2 is 2.14 bits per heavy atom. The third kappa shape index (κ3) is 3.05. The van der Waals surface area contributed by atoms with Crippen LogP contribution in [0.25, 0.3) is 0 Å². The molecule has 0 aromatic heterocycles. The number of allylic oxidation sites excluding steroid dienone is 1. The fourth-order valence-electron chi connectivity index (χ4n) is 4.63. The standard InChI is InChI=1S/C21H25N3O3S/c1-14-18(28-20-22-7-9-24(14)20)19(25)23-8-3-6-21(2,12-23)11-15-4-5-16-17(10-15)27-13-26-16/h4-5,10H,3,6-9,11-13H2,1-2H3/t21-/m1/s1. The molecule has 1 amide bonds. The van der Waals surface area contributed by atoms with E-state index in [1.165, 1.54) is 5.56 Å². The van der Waals surface area contributed by atoms with Gasteiger partial charge in [0.1, 0.15) is 0 Å². The van der Waals surface area contributed by atoms with Crippen LogP contribution in [0.5, 0.6) is 11.5 Å². The molecule has 7 heteroatoms. The van der Waals surface area contributed by atoms with Crippen molar-refractivity contribution in [2.45, 2.75) is 33.1 Å². The highest BCUT2D eigenvalue weighted by atomic mass is 32.2. The SMILES string of the molecule is CC1=C(C(=O)N2CCC[C@](C)(Cc3ccc4c(c3)OCO4)C2)SC2=NCCN21. The van der Waals surface area contributed by atoms with Crippen LogP contribution in [0.15, 0.2) is 33.8 Å². The van der Waals surface area contributed by atoms with Gasteiger partial charge in [0.15, 0.2) is 16.7 Å². The van der Waals surface area contributed by atoms with Crippen LogP contribution in [-0.2, 0) is 11.2 Å². The zero-order valence-corrected chi connectivity index (χ0v) is 17.2. The Labute approximate surface area is 169 Å². The molecule has 1 saturated heterocycles. The Kier molecular flexibility index (Phi) is 4.30. The van der Waals surface area contributed by atoms with Crippen molar-refractivity contribution < 1.29 is 14.3 Å². The molecule has 1 aromatic carbocycles. The van der Waals surface area contributed by atoms with Crippen molar-refractivity contribution in [3.05, 3.63) is 34.4 Å². The first-order valence-electron chi connectivity index (χ1n) is 9.91. The fraction of sp³-hybridized carbons (Fsp3) is 0.524. The van der Waals surface area contributed by atoms with Crippen molar-refractivity contribution in [3.63, 3.8) is 0 Å². The van der Waals surface area contributed by atoms with E-state index in [0.717, 1.165) is 72.7 Å². The summed E-state index contributed by atoms with van der Waals surface area (Å²) in [5, 5.41) is 0.987. The number of likely N-dealkylation sites (tertiary alicyclic amines) is 1. The minimum absolute atomic E-state index is 0.0625. The lowest BCUT2D eigenvalue weighted by Gasteiger charge is -2.41. The summed E-state index contributed by atoms with van der Waals surface area (Å²) >= 11 is 1.54. The maximum atomic E-state index is 13.3. The van der Waals surface area contributed by atoms with E-state index >= 15 is 0 Å². The average Bonchev–Trinajstić information content (AvgIpc) is 3.38. The molecule has 0 spiro atoms. The maximum absolute atomic E-state index is 13.3. The van der Waals surface area contributed by atoms with E-state index in [1.807, 2.05) is 17.9 Å². The van der Waals surface area contributed by atoms with Gasteiger partial charge in [-0.05, 0) is 61.1 Å². The number of amidine groups is 1. The zero-order valence-electron chi connectivity index (χ0n) is 16.4. The molecule has 0 N–H and O–H groups in total. The van der Waals surface area contributed by atoms with Gasteiger partial charge < -0.3 is 19.3 Å². The predicted molar refractivity (Wildman–Crippen MR) is 109 cm³/mol. The first kappa shape index (κ1) is 17.9. The van der Waals surface area contributed by atoms with Crippen LogP contribution in [0.2, 0.25) is 0 Å². The topological polar surface area (TPSA) is 54.4 Å². The van der Waals surface area contributed by atoms with Gasteiger partial charge in [-0.3, -0.25) is 9.79 Å². The number of hydrogen-bond donors (Lipinski definition) is 0. The van der Waals surface area contributed by atoms with Crippen molar-refractivity contribution in [2.24, 2.45) is 10.4 Å². The molecule has 4 heterocycles. The highest BCUT2D eigenvalue weighted by Crippen LogP contribution is 2.41. The summed E-state index contributed by atoms with van der Waals surface area (Å²) in [6.45, 7) is 7.98. The number of fused-ring (bicyclic) bond motifs is 2. The largest absolute Gasteiger partial charge is 0.454 e. The van der Waals surface area contributed by atoms with Crippen molar-refractivity contribution in [1.82, 2.24) is 9.80 Å². The van der Waals surface area contributed by atoms with Gasteiger partial charge in [-0.1, -0.05) is 13.0 Å². The van der Waals surface area contributed by atoms with Crippen LogP contribution < -0.4 is 9.47 Å². The minimum Gasteiger partial charge on any atom is -0.454 e. The molecular weight excluding hydrogens is 374 g/mol. The van der Waals surface area contributed by atoms with Gasteiger partial charge in [-0.15, -0.1) is 0 Å². The van der Waals surface area contributed by atoms with E-state index in [2.05, 4.69) is 28.9 Å². The molecule has 4 aliphatic rings. The quantitative estimate of drug-likeness (QED) is 0.781. The molecule has 1 aromatic rings. The van der Waals surface area contributed by atoms with Crippen LogP contribution >= 0.6 is 11.8 Å². The van der Waals surface area contributed by atoms with Gasteiger partial charge in [0.2, 0.25) is 6.79 Å². The third-order valence-electron chi connectivity index (χ3n) is 6.06. The van der Waals surface area contributed by atoms with Crippen molar-refractivity contribution in [1.29, 1.82) is 0 Å². The number of benzene rings is 1. The van der Waals surface area contributed by atoms with Crippen LogP contribution in [0.4, 0.5) is 0 Å². The summed E-state index contributed by atoms with van der Waals surface area (Å²) in [5.41, 5.74) is 2.36. The van der Waals surface area contributed by atoms with Gasteiger partial charge in [0.25, 0.3) is 5.91 Å². The molecule has 0 bridgehead atoms. The minimum atomic E-state index is 0.0625. The Balaban J connectivity index is 1.31. The van der Waals surface area contributed by atoms with E-state index in [1.54, 1.807) is 11.8 Å². The van der Waals surface area contributed by atoms with Gasteiger partial charge in [-0.25, -0.2) is 0 Å². The highest BCUT2D eigenvalue weighted by molar-refractivity contribution is 8.18. The zero-order chi connectivity index (χ0) is 19.3. The number of nitrogens with zero attached hydrogens (tertiary/aromatic N) is 3. The first-order valence-corrected chi connectivity index (χ1v) is 10.7. The molecule has 0 unspecified atom stereocenters. The monoisotopic (exact) mass is 399 g/mol. The van der Waals surface area contributed by atoms with E-state index in [0.29, 0.717) is 6.79 Å². The molecule has 148 valence electrons. The summed E-state index contributed by atoms with van der Waals surface area (Å²) in [4.78, 5) is 22.8. The second kappa shape index (κ2) is 6.72. The van der Waals surface area contributed by atoms with E-state index in [-0.39, 0.29) is 11.3 Å². The lowest BCUT2D eigenvalue weighted by atomic mass is 9.77. The van der Waals surface area contributed by atoms with Crippen LogP contribution in [0, 0.1) is 5.41 Å². The Morgan fingerprint density at radius 1 is 1.29 bits per heavy atom. The van der Waals surface area contributed by atoms with Gasteiger partial charge in [-0.2, -0.15) is 0 Å². The average molecular weight is 400 g/mol. The number of hydrogen-bond acceptors (Lipinski definition) is 6. The van der Waals surface area contributed by atoms with E-state index in [4.69, 9.17) is 9.47 Å². The molecule has 0 aliphatic carbocycles. The molecule has 0 saturated carbocycles. The molecule has 6 nitrogen and oxygen atoms in total. The number of piperidine rings is 1. The molecule has 5 rings (SSSR count). The normalized spacial score (nSPS) is 26.0. The number of rotatable bonds is 3. The molecular formula is C21H25N3O3S. The van der Waals surface area contributed by atoms with E-state index in [9.17, 15) is 4.79 Å². The number of aliphatic imine (C=N–C) groups is 1. The van der Waals surface area contributed by atoms with Gasteiger partial charge >= 0.3 is 0 Å². The van der Waals surface area contributed by atoms with Crippen LogP contribution in [-0.4, -0.2) is 53.8 Å². The van der Waals surface area contributed by atoms with Crippen LogP contribution in [0.1, 0.15) is 32.3 Å². The number of thioether (sulfide) groups is 1. The molecule has 4 aliphatic heterocycles. The molecule has 1 atom stereocenters. The fourth-order valence-corrected chi connectivity index (χ4v) is 5.78. The third-order valence-corrected chi connectivity index (χ3v) is 7.26. The Bertz CT molecular complexity index is 897. The first-order chi connectivity index (χ1) is 13.5. The molecule has 0 radical (unpaired) electrons. The maximum Gasteiger partial charge on any atom is 0.262 e. The van der Waals surface area contributed by atoms with Crippen molar-refractivity contribution in [3.8, 4) is 11.5 Å². The highest BCUT2D eigenvalue weighted by Gasteiger charge is 2.39. The van der Waals surface area contributed by atoms with E-state index < -0.39 is 0 Å². The summed E-state index contributed by atoms with van der Waals surface area (Å²) in [5.74, 6) is 1.81. The van der Waals surface area contributed by atoms with Crippen LogP contribution in [0.3, 0.4) is 0 Å². The summed E-state index contributed by atoms with van der Waals surface area (Å²) in [6.07, 6.45) is 3.08. The second-order valence-corrected chi connectivity index (χ2v) is 9.32. The summed E-state index contributed by atoms with van der Waals surface area (Å²) in [6, 6.07) is 6.19. The summed E-state index contributed by atoms with van der Waals surface area (Å²) in [7, 11) is 0. The molecule has 1 fully saturated rings. The number of carbonyl (C=O) groups excluding carboxylic acids is 1. The smallest absolute Gasteiger partial charge is 0.262 e. The number of carbonyl (C=O) groups is 1. The summed E-state index contributed by atoms with van der Waals surface area (Å²) < 4.78 is 10.9. The predicted octanol–water partition coefficient (Wildman–Crippen LogP) is 3.24. The second-order valence-electron chi connectivity index (χ2n) is 8.34. The number of amides is 1. The Hall–Kier alpha value is -2.15. The lowest BCUT2D eigenvalue weighted by Crippen LogP contribution is -2.46. The lowest BCUT2D eigenvalue weighted by molar-refractivity contribution is -0.129. The van der Waals surface area contributed by atoms with Crippen molar-refractivity contribution >= 4 is 22.8 Å². The Morgan fingerprint density at radius 3 is 3.00 bits per heavy atom. The molecule has 28 heavy (non-hydrogen) atoms. The van der Waals surface area contributed by atoms with Gasteiger partial charge in [0.05, 0.1) is 11.4 Å². The number of ether oxygens (including phenoxy) is 2. The van der Waals surface area contributed by atoms with Crippen molar-refractivity contribution in [2.75, 3.05) is 33.0 Å². The van der Waals surface area contributed by atoms with Gasteiger partial charge in [0, 0.05) is 25.3 Å².